The fourth-order valence-electron chi connectivity index (χ4n) is 2.37. The SMILES string of the molecule is CCCCCCCCCC(CO)Nc1cccc(F)c1. The molecule has 1 aromatic carbocycles. The second kappa shape index (κ2) is 10.7. The Morgan fingerprint density at radius 1 is 1.10 bits per heavy atom. The van der Waals surface area contributed by atoms with Gasteiger partial charge in [0.2, 0.25) is 0 Å². The molecule has 3 heteroatoms. The van der Waals surface area contributed by atoms with Crippen molar-refractivity contribution in [3.05, 3.63) is 30.1 Å². The van der Waals surface area contributed by atoms with Crippen molar-refractivity contribution >= 4 is 5.69 Å². The second-order valence-corrected chi connectivity index (χ2v) is 5.44. The summed E-state index contributed by atoms with van der Waals surface area (Å²) in [5.41, 5.74) is 0.743. The van der Waals surface area contributed by atoms with Crippen molar-refractivity contribution in [1.82, 2.24) is 0 Å². The largest absolute Gasteiger partial charge is 0.394 e. The summed E-state index contributed by atoms with van der Waals surface area (Å²) in [7, 11) is 0. The summed E-state index contributed by atoms with van der Waals surface area (Å²) in [5, 5.41) is 12.6. The van der Waals surface area contributed by atoms with E-state index < -0.39 is 0 Å². The van der Waals surface area contributed by atoms with Gasteiger partial charge in [0.25, 0.3) is 0 Å². The lowest BCUT2D eigenvalue weighted by molar-refractivity contribution is 0.266. The van der Waals surface area contributed by atoms with E-state index in [0.29, 0.717) is 0 Å². The number of halogens is 1. The predicted molar refractivity (Wildman–Crippen MR) is 83.5 cm³/mol. The van der Waals surface area contributed by atoms with E-state index in [9.17, 15) is 9.50 Å². The van der Waals surface area contributed by atoms with Crippen LogP contribution in [-0.4, -0.2) is 17.8 Å². The molecule has 0 spiro atoms. The van der Waals surface area contributed by atoms with Gasteiger partial charge >= 0.3 is 0 Å². The zero-order chi connectivity index (χ0) is 14.6. The van der Waals surface area contributed by atoms with E-state index >= 15 is 0 Å². The fourth-order valence-corrected chi connectivity index (χ4v) is 2.37. The van der Waals surface area contributed by atoms with E-state index in [1.165, 1.54) is 50.7 Å². The molecule has 0 saturated carbocycles. The van der Waals surface area contributed by atoms with Gasteiger partial charge in [0.15, 0.2) is 0 Å². The lowest BCUT2D eigenvalue weighted by Crippen LogP contribution is -2.23. The van der Waals surface area contributed by atoms with Crippen LogP contribution in [0.4, 0.5) is 10.1 Å². The average molecular weight is 281 g/mol. The minimum absolute atomic E-state index is 0.0208. The maximum atomic E-state index is 13.1. The Morgan fingerprint density at radius 3 is 2.45 bits per heavy atom. The van der Waals surface area contributed by atoms with Gasteiger partial charge in [-0.15, -0.1) is 0 Å². The van der Waals surface area contributed by atoms with E-state index in [2.05, 4.69) is 12.2 Å². The first-order chi connectivity index (χ1) is 9.76. The molecule has 1 unspecified atom stereocenters. The van der Waals surface area contributed by atoms with Crippen molar-refractivity contribution in [2.75, 3.05) is 11.9 Å². The van der Waals surface area contributed by atoms with Crippen molar-refractivity contribution in [2.45, 2.75) is 64.3 Å². The lowest BCUT2D eigenvalue weighted by atomic mass is 10.1. The molecule has 0 aliphatic carbocycles. The van der Waals surface area contributed by atoms with Gasteiger partial charge in [-0.25, -0.2) is 4.39 Å². The second-order valence-electron chi connectivity index (χ2n) is 5.44. The van der Waals surface area contributed by atoms with Crippen LogP contribution in [-0.2, 0) is 0 Å². The Labute approximate surface area is 122 Å². The van der Waals surface area contributed by atoms with Gasteiger partial charge in [0.05, 0.1) is 6.61 Å². The number of aliphatic hydroxyl groups is 1. The number of unbranched alkanes of at least 4 members (excludes halogenated alkanes) is 6. The third-order valence-electron chi connectivity index (χ3n) is 3.57. The Kier molecular flexibility index (Phi) is 9.05. The van der Waals surface area contributed by atoms with Crippen LogP contribution in [0, 0.1) is 5.82 Å². The van der Waals surface area contributed by atoms with E-state index in [0.717, 1.165) is 18.5 Å². The van der Waals surface area contributed by atoms with Crippen LogP contribution < -0.4 is 5.32 Å². The van der Waals surface area contributed by atoms with Crippen molar-refractivity contribution in [3.63, 3.8) is 0 Å². The zero-order valence-electron chi connectivity index (χ0n) is 12.6. The van der Waals surface area contributed by atoms with Gasteiger partial charge in [-0.05, 0) is 24.6 Å². The molecule has 0 heterocycles. The standard InChI is InChI=1S/C17H28FNO/c1-2-3-4-5-6-7-8-11-17(14-20)19-16-12-9-10-15(18)13-16/h9-10,12-13,17,19-20H,2-8,11,14H2,1H3. The molecule has 0 fully saturated rings. The third kappa shape index (κ3) is 7.49. The molecule has 0 radical (unpaired) electrons. The molecule has 1 aromatic rings. The summed E-state index contributed by atoms with van der Waals surface area (Å²) in [6.45, 7) is 2.32. The molecule has 0 bridgehead atoms. The molecular weight excluding hydrogens is 253 g/mol. The van der Waals surface area contributed by atoms with Gasteiger partial charge in [0.1, 0.15) is 5.82 Å². The highest BCUT2D eigenvalue weighted by molar-refractivity contribution is 5.43. The summed E-state index contributed by atoms with van der Waals surface area (Å²) in [4.78, 5) is 0. The van der Waals surface area contributed by atoms with Gasteiger partial charge in [-0.1, -0.05) is 57.9 Å². The molecule has 2 N–H and O–H groups in total. The number of nitrogens with one attached hydrogen (secondary N) is 1. The molecule has 1 rings (SSSR count). The molecular formula is C17H28FNO. The summed E-state index contributed by atoms with van der Waals surface area (Å²) < 4.78 is 13.1. The number of aliphatic hydroxyl groups excluding tert-OH is 1. The molecule has 1 atom stereocenters. The summed E-state index contributed by atoms with van der Waals surface area (Å²) in [6.07, 6.45) is 9.80. The number of hydrogen-bond acceptors (Lipinski definition) is 2. The fraction of sp³-hybridized carbons (Fsp3) is 0.647. The van der Waals surface area contributed by atoms with Crippen LogP contribution in [0.2, 0.25) is 0 Å². The Bertz CT molecular complexity index is 357. The molecule has 114 valence electrons. The van der Waals surface area contributed by atoms with Crippen LogP contribution >= 0.6 is 0 Å². The van der Waals surface area contributed by atoms with Crippen molar-refractivity contribution in [3.8, 4) is 0 Å². The molecule has 0 saturated heterocycles. The maximum Gasteiger partial charge on any atom is 0.125 e. The van der Waals surface area contributed by atoms with Gasteiger partial charge in [-0.2, -0.15) is 0 Å². The van der Waals surface area contributed by atoms with E-state index in [-0.39, 0.29) is 18.5 Å². The number of hydrogen-bond donors (Lipinski definition) is 2. The van der Waals surface area contributed by atoms with Crippen LogP contribution in [0.5, 0.6) is 0 Å². The minimum atomic E-state index is -0.248. The first-order valence-electron chi connectivity index (χ1n) is 7.89. The first kappa shape index (κ1) is 17.0. The normalized spacial score (nSPS) is 12.3. The molecule has 0 aliphatic rings. The van der Waals surface area contributed by atoms with Gasteiger partial charge in [0, 0.05) is 11.7 Å². The van der Waals surface area contributed by atoms with Gasteiger partial charge < -0.3 is 10.4 Å². The quantitative estimate of drug-likeness (QED) is 0.574. The molecule has 0 amide bonds. The Morgan fingerprint density at radius 2 is 1.80 bits per heavy atom. The summed E-state index contributed by atoms with van der Waals surface area (Å²) in [6, 6.07) is 6.42. The van der Waals surface area contributed by atoms with Gasteiger partial charge in [-0.3, -0.25) is 0 Å². The van der Waals surface area contributed by atoms with Crippen molar-refractivity contribution in [2.24, 2.45) is 0 Å². The van der Waals surface area contributed by atoms with Crippen molar-refractivity contribution in [1.29, 1.82) is 0 Å². The number of anilines is 1. The third-order valence-corrected chi connectivity index (χ3v) is 3.57. The highest BCUT2D eigenvalue weighted by Gasteiger charge is 2.07. The number of rotatable bonds is 11. The molecule has 20 heavy (non-hydrogen) atoms. The monoisotopic (exact) mass is 281 g/mol. The number of benzene rings is 1. The van der Waals surface area contributed by atoms with Crippen LogP contribution in [0.15, 0.2) is 24.3 Å². The summed E-state index contributed by atoms with van der Waals surface area (Å²) in [5.74, 6) is -0.248. The first-order valence-corrected chi connectivity index (χ1v) is 7.89. The maximum absolute atomic E-state index is 13.1. The average Bonchev–Trinajstić information content (AvgIpc) is 2.45. The molecule has 0 aromatic heterocycles. The van der Waals surface area contributed by atoms with Crippen LogP contribution in [0.25, 0.3) is 0 Å². The zero-order valence-corrected chi connectivity index (χ0v) is 12.6. The highest BCUT2D eigenvalue weighted by atomic mass is 19.1. The lowest BCUT2D eigenvalue weighted by Gasteiger charge is -2.17. The topological polar surface area (TPSA) is 32.3 Å². The van der Waals surface area contributed by atoms with E-state index in [1.807, 2.05) is 6.07 Å². The highest BCUT2D eigenvalue weighted by Crippen LogP contribution is 2.14. The van der Waals surface area contributed by atoms with Crippen LogP contribution in [0.3, 0.4) is 0 Å². The predicted octanol–water partition coefficient (Wildman–Crippen LogP) is 4.74. The van der Waals surface area contributed by atoms with Crippen molar-refractivity contribution < 1.29 is 9.50 Å². The minimum Gasteiger partial charge on any atom is -0.394 e. The smallest absolute Gasteiger partial charge is 0.125 e. The van der Waals surface area contributed by atoms with E-state index in [4.69, 9.17) is 0 Å². The Balaban J connectivity index is 2.16. The van der Waals surface area contributed by atoms with Crippen LogP contribution in [0.1, 0.15) is 58.3 Å². The molecule has 0 aliphatic heterocycles. The summed E-state index contributed by atoms with van der Waals surface area (Å²) >= 11 is 0. The molecule has 2 nitrogen and oxygen atoms in total. The Hall–Kier alpha value is -1.09. The van der Waals surface area contributed by atoms with E-state index in [1.54, 1.807) is 6.07 Å².